The van der Waals surface area contributed by atoms with Crippen LogP contribution in [0.3, 0.4) is 0 Å². The molecule has 0 fully saturated rings. The lowest BCUT2D eigenvalue weighted by Crippen LogP contribution is -2.21. The highest BCUT2D eigenvalue weighted by atomic mass is 16.5. The number of esters is 1. The average Bonchev–Trinajstić information content (AvgIpc) is 2.76. The molecule has 1 heterocycles. The minimum absolute atomic E-state index is 0.368. The van der Waals surface area contributed by atoms with Crippen LogP contribution < -0.4 is 0 Å². The van der Waals surface area contributed by atoms with Gasteiger partial charge in [-0.3, -0.25) is 4.68 Å². The minimum Gasteiger partial charge on any atom is -0.465 e. The molecule has 1 aromatic heterocycles. The molecule has 102 valence electrons. The minimum atomic E-state index is -0.713. The Hall–Kier alpha value is -1.88. The Morgan fingerprint density at radius 1 is 1.47 bits per heavy atom. The molecule has 0 radical (unpaired) electrons. The van der Waals surface area contributed by atoms with Crippen LogP contribution in [-0.4, -0.2) is 33.6 Å². The largest absolute Gasteiger partial charge is 0.465 e. The molecule has 0 atom stereocenters. The number of nitrogens with zero attached hydrogens (tertiary/aromatic N) is 2. The first kappa shape index (κ1) is 13.5. The third-order valence-corrected chi connectivity index (χ3v) is 2.93. The molecule has 19 heavy (non-hydrogen) atoms. The summed E-state index contributed by atoms with van der Waals surface area (Å²) in [7, 11) is 1.36. The van der Waals surface area contributed by atoms with Crippen molar-refractivity contribution in [3.63, 3.8) is 0 Å². The average molecular weight is 262 g/mol. The fourth-order valence-electron chi connectivity index (χ4n) is 1.81. The molecule has 0 bridgehead atoms. The Morgan fingerprint density at radius 2 is 2.21 bits per heavy atom. The molecule has 5 heteroatoms. The second-order valence-electron chi connectivity index (χ2n) is 5.22. The van der Waals surface area contributed by atoms with E-state index in [1.807, 2.05) is 12.3 Å². The quantitative estimate of drug-likeness (QED) is 0.856. The summed E-state index contributed by atoms with van der Waals surface area (Å²) >= 11 is 0. The van der Waals surface area contributed by atoms with Gasteiger partial charge < -0.3 is 9.84 Å². The Labute approximate surface area is 111 Å². The number of rotatable bonds is 4. The lowest BCUT2D eigenvalue weighted by molar-refractivity contribution is 0.0600. The van der Waals surface area contributed by atoms with Crippen molar-refractivity contribution in [1.82, 2.24) is 9.78 Å². The number of fused-ring (bicyclic) bond motifs is 1. The van der Waals surface area contributed by atoms with Crippen molar-refractivity contribution in [1.29, 1.82) is 0 Å². The van der Waals surface area contributed by atoms with Gasteiger partial charge in [0.2, 0.25) is 0 Å². The number of aromatic nitrogens is 2. The van der Waals surface area contributed by atoms with Gasteiger partial charge in [-0.1, -0.05) is 6.07 Å². The molecule has 0 amide bonds. The predicted molar refractivity (Wildman–Crippen MR) is 72.0 cm³/mol. The van der Waals surface area contributed by atoms with Gasteiger partial charge in [0.15, 0.2) is 0 Å². The summed E-state index contributed by atoms with van der Waals surface area (Å²) in [5.74, 6) is -0.368. The molecule has 1 N–H and O–H groups in total. The number of methoxy groups -OCH3 is 1. The Bertz CT molecular complexity index is 596. The fraction of sp³-hybridized carbons (Fsp3) is 0.429. The molecule has 2 aromatic rings. The molecule has 0 spiro atoms. The highest BCUT2D eigenvalue weighted by molar-refractivity contribution is 5.94. The molecule has 0 saturated carbocycles. The van der Waals surface area contributed by atoms with E-state index < -0.39 is 5.60 Å². The SMILES string of the molecule is COC(=O)c1ccc2cn(CCC(C)(C)O)nc2c1. The number of benzene rings is 1. The second-order valence-corrected chi connectivity index (χ2v) is 5.22. The fourth-order valence-corrected chi connectivity index (χ4v) is 1.81. The van der Waals surface area contributed by atoms with Crippen molar-refractivity contribution in [3.8, 4) is 0 Å². The lowest BCUT2D eigenvalue weighted by Gasteiger charge is -2.16. The topological polar surface area (TPSA) is 64.3 Å². The van der Waals surface area contributed by atoms with Crippen LogP contribution in [0, 0.1) is 0 Å². The predicted octanol–water partition coefficient (Wildman–Crippen LogP) is 1.98. The van der Waals surface area contributed by atoms with Crippen molar-refractivity contribution >= 4 is 16.9 Å². The van der Waals surface area contributed by atoms with Crippen LogP contribution in [0.5, 0.6) is 0 Å². The van der Waals surface area contributed by atoms with Crippen LogP contribution in [0.2, 0.25) is 0 Å². The van der Waals surface area contributed by atoms with Gasteiger partial charge in [0.05, 0.1) is 23.8 Å². The Morgan fingerprint density at radius 3 is 2.84 bits per heavy atom. The van der Waals surface area contributed by atoms with Gasteiger partial charge in [0.25, 0.3) is 0 Å². The van der Waals surface area contributed by atoms with Gasteiger partial charge in [-0.2, -0.15) is 5.10 Å². The highest BCUT2D eigenvalue weighted by Gasteiger charge is 2.13. The van der Waals surface area contributed by atoms with E-state index in [1.165, 1.54) is 7.11 Å². The molecular weight excluding hydrogens is 244 g/mol. The normalized spacial score (nSPS) is 11.8. The molecule has 1 aromatic carbocycles. The Balaban J connectivity index is 2.23. The first-order valence-electron chi connectivity index (χ1n) is 6.17. The molecule has 0 aliphatic heterocycles. The third kappa shape index (κ3) is 3.32. The highest BCUT2D eigenvalue weighted by Crippen LogP contribution is 2.16. The van der Waals surface area contributed by atoms with Crippen molar-refractivity contribution in [2.24, 2.45) is 0 Å². The number of ether oxygens (including phenoxy) is 1. The van der Waals surface area contributed by atoms with E-state index >= 15 is 0 Å². The summed E-state index contributed by atoms with van der Waals surface area (Å²) in [5, 5.41) is 15.1. The van der Waals surface area contributed by atoms with E-state index in [-0.39, 0.29) is 5.97 Å². The van der Waals surface area contributed by atoms with Gasteiger partial charge in [0, 0.05) is 18.1 Å². The summed E-state index contributed by atoms with van der Waals surface area (Å²) < 4.78 is 6.46. The van der Waals surface area contributed by atoms with E-state index in [4.69, 9.17) is 0 Å². The maximum atomic E-state index is 11.4. The molecule has 0 saturated heterocycles. The first-order chi connectivity index (χ1) is 8.89. The van der Waals surface area contributed by atoms with Gasteiger partial charge in [-0.05, 0) is 32.4 Å². The zero-order chi connectivity index (χ0) is 14.0. The molecule has 0 unspecified atom stereocenters. The number of carbonyl (C=O) groups is 1. The molecule has 0 aliphatic rings. The van der Waals surface area contributed by atoms with Crippen molar-refractivity contribution in [2.45, 2.75) is 32.4 Å². The lowest BCUT2D eigenvalue weighted by atomic mass is 10.1. The summed E-state index contributed by atoms with van der Waals surface area (Å²) in [5.41, 5.74) is 0.524. The number of aliphatic hydroxyl groups is 1. The van der Waals surface area contributed by atoms with Crippen LogP contribution >= 0.6 is 0 Å². The molecule has 2 rings (SSSR count). The maximum Gasteiger partial charge on any atom is 0.337 e. The van der Waals surface area contributed by atoms with Gasteiger partial charge in [0.1, 0.15) is 0 Å². The van der Waals surface area contributed by atoms with E-state index in [2.05, 4.69) is 9.84 Å². The van der Waals surface area contributed by atoms with Crippen LogP contribution in [-0.2, 0) is 11.3 Å². The zero-order valence-corrected chi connectivity index (χ0v) is 11.4. The van der Waals surface area contributed by atoms with E-state index in [0.717, 1.165) is 10.9 Å². The van der Waals surface area contributed by atoms with Crippen LogP contribution in [0.1, 0.15) is 30.6 Å². The number of carbonyl (C=O) groups excluding carboxylic acids is 1. The Kier molecular flexibility index (Phi) is 3.57. The third-order valence-electron chi connectivity index (χ3n) is 2.93. The van der Waals surface area contributed by atoms with Crippen molar-refractivity contribution < 1.29 is 14.6 Å². The zero-order valence-electron chi connectivity index (χ0n) is 11.4. The van der Waals surface area contributed by atoms with Gasteiger partial charge in [-0.15, -0.1) is 0 Å². The standard InChI is InChI=1S/C14H18N2O3/c1-14(2,18)6-7-16-9-11-5-4-10(13(17)19-3)8-12(11)15-16/h4-5,8-9,18H,6-7H2,1-3H3. The van der Waals surface area contributed by atoms with Crippen LogP contribution in [0.25, 0.3) is 10.9 Å². The van der Waals surface area contributed by atoms with E-state index in [0.29, 0.717) is 18.5 Å². The van der Waals surface area contributed by atoms with Gasteiger partial charge in [-0.25, -0.2) is 4.79 Å². The maximum absolute atomic E-state index is 11.4. The second kappa shape index (κ2) is 5.01. The van der Waals surface area contributed by atoms with Crippen molar-refractivity contribution in [2.75, 3.05) is 7.11 Å². The molecule has 0 aliphatic carbocycles. The monoisotopic (exact) mass is 262 g/mol. The van der Waals surface area contributed by atoms with E-state index in [1.54, 1.807) is 30.7 Å². The van der Waals surface area contributed by atoms with Crippen LogP contribution in [0.15, 0.2) is 24.4 Å². The van der Waals surface area contributed by atoms with Crippen LogP contribution in [0.4, 0.5) is 0 Å². The summed E-state index contributed by atoms with van der Waals surface area (Å²) in [6.45, 7) is 4.17. The summed E-state index contributed by atoms with van der Waals surface area (Å²) in [6, 6.07) is 5.27. The van der Waals surface area contributed by atoms with Gasteiger partial charge >= 0.3 is 5.97 Å². The van der Waals surface area contributed by atoms with E-state index in [9.17, 15) is 9.90 Å². The first-order valence-corrected chi connectivity index (χ1v) is 6.17. The number of hydrogen-bond acceptors (Lipinski definition) is 4. The van der Waals surface area contributed by atoms with Crippen molar-refractivity contribution in [3.05, 3.63) is 30.0 Å². The number of aryl methyl sites for hydroxylation is 1. The summed E-state index contributed by atoms with van der Waals surface area (Å²) in [6.07, 6.45) is 2.52. The molecule has 5 nitrogen and oxygen atoms in total. The molecular formula is C14H18N2O3. The number of hydrogen-bond donors (Lipinski definition) is 1. The smallest absolute Gasteiger partial charge is 0.337 e. The summed E-state index contributed by atoms with van der Waals surface area (Å²) in [4.78, 5) is 11.4.